The van der Waals surface area contributed by atoms with E-state index < -0.39 is 10.1 Å². The number of hydrogen-bond acceptors (Lipinski definition) is 3. The average molecular weight is 450 g/mol. The number of nitrogens with one attached hydrogen (secondary N) is 1. The Morgan fingerprint density at radius 2 is 1.33 bits per heavy atom. The Morgan fingerprint density at radius 3 is 1.80 bits per heavy atom. The molecule has 0 fully saturated rings. The molecule has 1 amide bonds. The van der Waals surface area contributed by atoms with Crippen molar-refractivity contribution in [1.29, 1.82) is 0 Å². The smallest absolute Gasteiger partial charge is 0.270 e. The van der Waals surface area contributed by atoms with Crippen molar-refractivity contribution in [2.45, 2.75) is 110 Å². The summed E-state index contributed by atoms with van der Waals surface area (Å²) in [6.45, 7) is 5.43. The van der Waals surface area contributed by atoms with Gasteiger partial charge >= 0.3 is 0 Å². The molecule has 1 atom stereocenters. The van der Waals surface area contributed by atoms with E-state index in [-0.39, 0.29) is 17.7 Å². The van der Waals surface area contributed by atoms with Crippen molar-refractivity contribution in [3.63, 3.8) is 0 Å². The molecule has 180 valence electrons. The number of rotatable bonds is 20. The minimum Gasteiger partial charge on any atom is -0.356 e. The Labute approximate surface area is 186 Å². The highest BCUT2D eigenvalue weighted by molar-refractivity contribution is 7.85. The second-order valence-electron chi connectivity index (χ2n) is 9.44. The molecule has 0 radical (unpaired) electrons. The molecule has 0 rings (SSSR count). The van der Waals surface area contributed by atoms with Crippen molar-refractivity contribution < 1.29 is 22.2 Å². The first-order chi connectivity index (χ1) is 14.1. The van der Waals surface area contributed by atoms with Crippen molar-refractivity contribution in [1.82, 2.24) is 5.32 Å². The molecular weight excluding hydrogens is 400 g/mol. The number of carbonyl (C=O) groups excluding carboxylic acids is 1. The van der Waals surface area contributed by atoms with Crippen LogP contribution >= 0.6 is 0 Å². The molecular formula is C23H49N2O4S+. The molecule has 0 aliphatic rings. The van der Waals surface area contributed by atoms with Gasteiger partial charge in [-0.25, -0.2) is 0 Å². The molecule has 30 heavy (non-hydrogen) atoms. The van der Waals surface area contributed by atoms with Gasteiger partial charge in [-0.3, -0.25) is 9.35 Å². The molecule has 0 saturated carbocycles. The first-order valence-electron chi connectivity index (χ1n) is 12.1. The molecule has 0 bridgehead atoms. The molecule has 0 aliphatic heterocycles. The lowest BCUT2D eigenvalue weighted by atomic mass is 10.0. The van der Waals surface area contributed by atoms with Gasteiger partial charge < -0.3 is 9.80 Å². The van der Waals surface area contributed by atoms with Crippen molar-refractivity contribution in [2.24, 2.45) is 0 Å². The van der Waals surface area contributed by atoms with Crippen LogP contribution in [0.15, 0.2) is 0 Å². The van der Waals surface area contributed by atoms with E-state index in [1.54, 1.807) is 0 Å². The highest BCUT2D eigenvalue weighted by atomic mass is 32.2. The molecule has 0 aromatic rings. The van der Waals surface area contributed by atoms with Crippen molar-refractivity contribution >= 4 is 16.0 Å². The summed E-state index contributed by atoms with van der Waals surface area (Å²) in [5.74, 6) is -0.135. The fraction of sp³-hybridized carbons (Fsp3) is 0.957. The van der Waals surface area contributed by atoms with Crippen molar-refractivity contribution in [3.05, 3.63) is 0 Å². The third kappa shape index (κ3) is 18.1. The molecule has 2 N–H and O–H groups in total. The van der Waals surface area contributed by atoms with E-state index in [1.165, 1.54) is 64.2 Å². The van der Waals surface area contributed by atoms with Crippen LogP contribution in [0.1, 0.15) is 104 Å². The van der Waals surface area contributed by atoms with Gasteiger partial charge in [0.05, 0.1) is 20.6 Å². The SMILES string of the molecule is CCCCCCCCCCCCCCC(=O)NCCC[N+](C)(C)C(C)CS(=O)(=O)O. The number of unbranched alkanes of at least 4 members (excludes halogenated alkanes) is 11. The topological polar surface area (TPSA) is 83.5 Å². The quantitative estimate of drug-likeness (QED) is 0.157. The van der Waals surface area contributed by atoms with E-state index in [0.29, 0.717) is 17.4 Å². The molecule has 1 unspecified atom stereocenters. The van der Waals surface area contributed by atoms with E-state index in [1.807, 2.05) is 21.0 Å². The molecule has 6 nitrogen and oxygen atoms in total. The van der Waals surface area contributed by atoms with Crippen LogP contribution in [0.2, 0.25) is 0 Å². The fourth-order valence-electron chi connectivity index (χ4n) is 3.66. The first kappa shape index (κ1) is 29.3. The van der Waals surface area contributed by atoms with Crippen molar-refractivity contribution in [3.8, 4) is 0 Å². The standard InChI is InChI=1S/C23H48N2O4S/c1-5-6-7-8-9-10-11-12-13-14-15-16-18-23(26)24-19-17-20-25(3,4)22(2)21-30(27,28)29/h22H,5-21H2,1-4H3,(H-,24,26,27,28,29)/p+1. The van der Waals surface area contributed by atoms with E-state index in [4.69, 9.17) is 4.55 Å². The Hall–Kier alpha value is -0.660. The predicted molar refractivity (Wildman–Crippen MR) is 126 cm³/mol. The lowest BCUT2D eigenvalue weighted by Crippen LogP contribution is -2.51. The van der Waals surface area contributed by atoms with E-state index in [2.05, 4.69) is 12.2 Å². The second-order valence-corrected chi connectivity index (χ2v) is 10.9. The summed E-state index contributed by atoms with van der Waals surface area (Å²) in [4.78, 5) is 11.9. The largest absolute Gasteiger partial charge is 0.356 e. The lowest BCUT2D eigenvalue weighted by molar-refractivity contribution is -0.910. The van der Waals surface area contributed by atoms with Crippen LogP contribution in [-0.4, -0.2) is 62.3 Å². The molecule has 0 aromatic carbocycles. The lowest BCUT2D eigenvalue weighted by Gasteiger charge is -2.35. The maximum Gasteiger partial charge on any atom is 0.270 e. The molecule has 0 saturated heterocycles. The van der Waals surface area contributed by atoms with Crippen LogP contribution in [-0.2, 0) is 14.9 Å². The van der Waals surface area contributed by atoms with Crippen LogP contribution in [0.3, 0.4) is 0 Å². The van der Waals surface area contributed by atoms with Crippen LogP contribution in [0, 0.1) is 0 Å². The number of quaternary nitrogens is 1. The maximum absolute atomic E-state index is 11.9. The third-order valence-corrected chi connectivity index (χ3v) is 7.04. The summed E-state index contributed by atoms with van der Waals surface area (Å²) in [6, 6.07) is -0.197. The second kappa shape index (κ2) is 17.0. The molecule has 0 aliphatic carbocycles. The van der Waals surface area contributed by atoms with Crippen molar-refractivity contribution in [2.75, 3.05) is 32.9 Å². The van der Waals surface area contributed by atoms with Gasteiger partial charge in [-0.15, -0.1) is 0 Å². The molecule has 7 heteroatoms. The summed E-state index contributed by atoms with van der Waals surface area (Å²) in [6.07, 6.45) is 16.9. The summed E-state index contributed by atoms with van der Waals surface area (Å²) < 4.78 is 31.6. The molecule has 0 spiro atoms. The Morgan fingerprint density at radius 1 is 0.867 bits per heavy atom. The number of carbonyl (C=O) groups is 1. The van der Waals surface area contributed by atoms with Gasteiger partial charge in [0, 0.05) is 19.4 Å². The van der Waals surface area contributed by atoms with Gasteiger partial charge in [-0.1, -0.05) is 77.6 Å². The molecule has 0 heterocycles. The summed E-state index contributed by atoms with van der Waals surface area (Å²) in [5, 5.41) is 2.97. The summed E-state index contributed by atoms with van der Waals surface area (Å²) in [5.41, 5.74) is 0. The minimum absolute atomic E-state index is 0.110. The minimum atomic E-state index is -3.96. The van der Waals surface area contributed by atoms with Gasteiger partial charge in [-0.05, 0) is 13.3 Å². The van der Waals surface area contributed by atoms with E-state index in [9.17, 15) is 13.2 Å². The maximum atomic E-state index is 11.9. The highest BCUT2D eigenvalue weighted by Gasteiger charge is 2.27. The van der Waals surface area contributed by atoms with Crippen LogP contribution in [0.5, 0.6) is 0 Å². The zero-order valence-corrected chi connectivity index (χ0v) is 20.9. The van der Waals surface area contributed by atoms with Crippen LogP contribution < -0.4 is 5.32 Å². The first-order valence-corrected chi connectivity index (χ1v) is 13.7. The van der Waals surface area contributed by atoms with Crippen LogP contribution in [0.4, 0.5) is 0 Å². The predicted octanol–water partition coefficient (Wildman–Crippen LogP) is 4.94. The van der Waals surface area contributed by atoms with Gasteiger partial charge in [0.2, 0.25) is 5.91 Å². The van der Waals surface area contributed by atoms with E-state index >= 15 is 0 Å². The Balaban J connectivity index is 3.58. The summed E-state index contributed by atoms with van der Waals surface area (Å²) in [7, 11) is -0.0655. The number of nitrogens with zero attached hydrogens (tertiary/aromatic N) is 1. The zero-order valence-electron chi connectivity index (χ0n) is 20.1. The normalized spacial score (nSPS) is 13.4. The number of hydrogen-bond donors (Lipinski definition) is 2. The monoisotopic (exact) mass is 449 g/mol. The van der Waals surface area contributed by atoms with Gasteiger partial charge in [0.25, 0.3) is 10.1 Å². The zero-order chi connectivity index (χ0) is 22.9. The summed E-state index contributed by atoms with van der Waals surface area (Å²) >= 11 is 0. The number of amides is 1. The van der Waals surface area contributed by atoms with Crippen LogP contribution in [0.25, 0.3) is 0 Å². The van der Waals surface area contributed by atoms with Gasteiger partial charge in [-0.2, -0.15) is 8.42 Å². The van der Waals surface area contributed by atoms with Gasteiger partial charge in [0.1, 0.15) is 11.8 Å². The average Bonchev–Trinajstić information content (AvgIpc) is 2.64. The van der Waals surface area contributed by atoms with E-state index in [0.717, 1.165) is 25.8 Å². The Bertz CT molecular complexity index is 535. The fourth-order valence-corrected chi connectivity index (χ4v) is 4.67. The highest BCUT2D eigenvalue weighted by Crippen LogP contribution is 2.13. The third-order valence-electron chi connectivity index (χ3n) is 6.14. The Kier molecular flexibility index (Phi) is 16.6. The van der Waals surface area contributed by atoms with Gasteiger partial charge in [0.15, 0.2) is 0 Å². The molecule has 0 aromatic heterocycles.